The number of nitrogens with one attached hydrogen (secondary N) is 1. The molecule has 1 N–H and O–H groups in total. The number of benzene rings is 1. The highest BCUT2D eigenvalue weighted by atomic mass is 16.6. The molecule has 6 nitrogen and oxygen atoms in total. The lowest BCUT2D eigenvalue weighted by Gasteiger charge is -2.34. The van der Waals surface area contributed by atoms with Gasteiger partial charge in [0.25, 0.3) is 5.69 Å². The second-order valence-electron chi connectivity index (χ2n) is 5.03. The molecular weight excluding hydrogens is 256 g/mol. The van der Waals surface area contributed by atoms with Gasteiger partial charge in [0.2, 0.25) is 0 Å². The fraction of sp³-hybridized carbons (Fsp3) is 0.571. The summed E-state index contributed by atoms with van der Waals surface area (Å²) in [5.74, 6) is 0. The molecule has 6 heteroatoms. The van der Waals surface area contributed by atoms with Crippen LogP contribution in [0.2, 0.25) is 0 Å². The van der Waals surface area contributed by atoms with Crippen molar-refractivity contribution in [2.75, 3.05) is 45.1 Å². The van der Waals surface area contributed by atoms with Crippen molar-refractivity contribution < 1.29 is 4.92 Å². The fourth-order valence-corrected chi connectivity index (χ4v) is 2.66. The predicted molar refractivity (Wildman–Crippen MR) is 80.0 cm³/mol. The predicted octanol–water partition coefficient (Wildman–Crippen LogP) is 1.77. The van der Waals surface area contributed by atoms with Crippen molar-refractivity contribution in [3.8, 4) is 0 Å². The van der Waals surface area contributed by atoms with Gasteiger partial charge in [-0.25, -0.2) is 0 Å². The summed E-state index contributed by atoms with van der Waals surface area (Å²) in [6.07, 6.45) is 0. The summed E-state index contributed by atoms with van der Waals surface area (Å²) >= 11 is 0. The second-order valence-corrected chi connectivity index (χ2v) is 5.03. The van der Waals surface area contributed by atoms with Crippen LogP contribution < -0.4 is 5.32 Å². The second kappa shape index (κ2) is 6.67. The first-order valence-corrected chi connectivity index (χ1v) is 7.04. The molecule has 2 rings (SSSR count). The Kier molecular flexibility index (Phi) is 4.92. The first kappa shape index (κ1) is 14.7. The molecule has 0 unspecified atom stereocenters. The molecule has 0 bridgehead atoms. The normalized spacial score (nSPS) is 17.1. The van der Waals surface area contributed by atoms with Crippen molar-refractivity contribution in [1.82, 2.24) is 9.80 Å². The molecule has 0 spiro atoms. The topological polar surface area (TPSA) is 61.7 Å². The van der Waals surface area contributed by atoms with Crippen LogP contribution in [0.5, 0.6) is 0 Å². The maximum atomic E-state index is 11.1. The molecule has 0 saturated carbocycles. The monoisotopic (exact) mass is 278 g/mol. The zero-order valence-corrected chi connectivity index (χ0v) is 12.1. The standard InChI is InChI=1S/C14H22N4O2/c1-3-16-7-9-17(10-8-16)11-12-5-4-6-13(18(19)20)14(12)15-2/h4-6,15H,3,7-11H2,1-2H3. The number of likely N-dealkylation sites (N-methyl/N-ethyl adjacent to an activating group) is 1. The van der Waals surface area contributed by atoms with Gasteiger partial charge in [0.15, 0.2) is 0 Å². The van der Waals surface area contributed by atoms with Gasteiger partial charge in [-0.1, -0.05) is 19.1 Å². The van der Waals surface area contributed by atoms with Crippen molar-refractivity contribution in [2.24, 2.45) is 0 Å². The van der Waals surface area contributed by atoms with Gasteiger partial charge in [-0.2, -0.15) is 0 Å². The van der Waals surface area contributed by atoms with Gasteiger partial charge in [-0.05, 0) is 12.1 Å². The minimum absolute atomic E-state index is 0.150. The average Bonchev–Trinajstić information content (AvgIpc) is 2.47. The molecule has 0 aliphatic carbocycles. The van der Waals surface area contributed by atoms with Crippen LogP contribution >= 0.6 is 0 Å². The summed E-state index contributed by atoms with van der Waals surface area (Å²) in [5, 5.41) is 14.0. The van der Waals surface area contributed by atoms with E-state index in [1.54, 1.807) is 19.2 Å². The zero-order valence-electron chi connectivity index (χ0n) is 12.1. The number of para-hydroxylation sites is 1. The highest BCUT2D eigenvalue weighted by Gasteiger charge is 2.20. The lowest BCUT2D eigenvalue weighted by atomic mass is 10.1. The van der Waals surface area contributed by atoms with E-state index in [1.807, 2.05) is 6.07 Å². The van der Waals surface area contributed by atoms with Crippen molar-refractivity contribution >= 4 is 11.4 Å². The lowest BCUT2D eigenvalue weighted by Crippen LogP contribution is -2.45. The van der Waals surface area contributed by atoms with E-state index in [9.17, 15) is 10.1 Å². The Hall–Kier alpha value is -1.66. The van der Waals surface area contributed by atoms with E-state index in [2.05, 4.69) is 22.0 Å². The van der Waals surface area contributed by atoms with E-state index in [0.717, 1.165) is 44.8 Å². The molecule has 1 fully saturated rings. The number of nitro benzene ring substituents is 1. The van der Waals surface area contributed by atoms with E-state index in [4.69, 9.17) is 0 Å². The Morgan fingerprint density at radius 3 is 2.45 bits per heavy atom. The number of nitrogens with zero attached hydrogens (tertiary/aromatic N) is 3. The van der Waals surface area contributed by atoms with Crippen molar-refractivity contribution in [2.45, 2.75) is 13.5 Å². The number of nitro groups is 1. The summed E-state index contributed by atoms with van der Waals surface area (Å²) in [4.78, 5) is 15.5. The van der Waals surface area contributed by atoms with Crippen LogP contribution in [0.4, 0.5) is 11.4 Å². The van der Waals surface area contributed by atoms with Crippen molar-refractivity contribution in [1.29, 1.82) is 0 Å². The highest BCUT2D eigenvalue weighted by molar-refractivity contribution is 5.66. The van der Waals surface area contributed by atoms with Crippen LogP contribution in [0, 0.1) is 10.1 Å². The van der Waals surface area contributed by atoms with Gasteiger partial charge in [0.1, 0.15) is 5.69 Å². The number of anilines is 1. The van der Waals surface area contributed by atoms with Crippen molar-refractivity contribution in [3.63, 3.8) is 0 Å². The Labute approximate surface area is 119 Å². The van der Waals surface area contributed by atoms with E-state index < -0.39 is 0 Å². The van der Waals surface area contributed by atoms with Gasteiger partial charge < -0.3 is 10.2 Å². The smallest absolute Gasteiger partial charge is 0.292 e. The van der Waals surface area contributed by atoms with Crippen molar-refractivity contribution in [3.05, 3.63) is 33.9 Å². The van der Waals surface area contributed by atoms with Crippen LogP contribution in [0.1, 0.15) is 12.5 Å². The Bertz CT molecular complexity index is 470. The van der Waals surface area contributed by atoms with E-state index in [-0.39, 0.29) is 10.6 Å². The van der Waals surface area contributed by atoms with Crippen LogP contribution in [0.15, 0.2) is 18.2 Å². The number of hydrogen-bond acceptors (Lipinski definition) is 5. The first-order valence-electron chi connectivity index (χ1n) is 7.04. The molecule has 0 amide bonds. The quantitative estimate of drug-likeness (QED) is 0.657. The minimum atomic E-state index is -0.329. The van der Waals surface area contributed by atoms with Crippen LogP contribution in [0.25, 0.3) is 0 Å². The molecule has 1 aliphatic rings. The van der Waals surface area contributed by atoms with Gasteiger partial charge in [-0.3, -0.25) is 15.0 Å². The zero-order chi connectivity index (χ0) is 14.5. The van der Waals surface area contributed by atoms with Gasteiger partial charge in [-0.15, -0.1) is 0 Å². The van der Waals surface area contributed by atoms with Crippen LogP contribution in [-0.2, 0) is 6.54 Å². The fourth-order valence-electron chi connectivity index (χ4n) is 2.66. The van der Waals surface area contributed by atoms with Gasteiger partial charge in [0.05, 0.1) is 4.92 Å². The molecule has 1 aliphatic heterocycles. The molecule has 1 heterocycles. The van der Waals surface area contributed by atoms with E-state index in [0.29, 0.717) is 5.69 Å². The SMILES string of the molecule is CCN1CCN(Cc2cccc([N+](=O)[O-])c2NC)CC1. The molecule has 20 heavy (non-hydrogen) atoms. The summed E-state index contributed by atoms with van der Waals surface area (Å²) in [6, 6.07) is 5.27. The molecule has 110 valence electrons. The summed E-state index contributed by atoms with van der Waals surface area (Å²) in [6.45, 7) is 8.19. The third-order valence-corrected chi connectivity index (χ3v) is 3.88. The number of hydrogen-bond donors (Lipinski definition) is 1. The molecule has 0 aromatic heterocycles. The molecule has 1 aromatic carbocycles. The first-order chi connectivity index (χ1) is 9.65. The van der Waals surface area contributed by atoms with Crippen LogP contribution in [-0.4, -0.2) is 54.5 Å². The summed E-state index contributed by atoms with van der Waals surface area (Å²) in [5.41, 5.74) is 1.78. The number of piperazine rings is 1. The van der Waals surface area contributed by atoms with E-state index >= 15 is 0 Å². The highest BCUT2D eigenvalue weighted by Crippen LogP contribution is 2.28. The van der Waals surface area contributed by atoms with Gasteiger partial charge in [0, 0.05) is 45.8 Å². The maximum Gasteiger partial charge on any atom is 0.292 e. The van der Waals surface area contributed by atoms with Gasteiger partial charge >= 0.3 is 0 Å². The molecule has 1 aromatic rings. The third-order valence-electron chi connectivity index (χ3n) is 3.88. The van der Waals surface area contributed by atoms with Crippen LogP contribution in [0.3, 0.4) is 0 Å². The Morgan fingerprint density at radius 2 is 1.90 bits per heavy atom. The molecule has 1 saturated heterocycles. The Morgan fingerprint density at radius 1 is 1.25 bits per heavy atom. The summed E-state index contributed by atoms with van der Waals surface area (Å²) < 4.78 is 0. The lowest BCUT2D eigenvalue weighted by molar-refractivity contribution is -0.384. The van der Waals surface area contributed by atoms with E-state index in [1.165, 1.54) is 0 Å². The average molecular weight is 278 g/mol. The Balaban J connectivity index is 2.10. The number of rotatable bonds is 5. The maximum absolute atomic E-state index is 11.1. The third kappa shape index (κ3) is 3.26. The summed E-state index contributed by atoms with van der Waals surface area (Å²) in [7, 11) is 1.74. The minimum Gasteiger partial charge on any atom is -0.382 e. The molecule has 0 atom stereocenters. The molecule has 0 radical (unpaired) electrons. The largest absolute Gasteiger partial charge is 0.382 e. The molecular formula is C14H22N4O2.